The summed E-state index contributed by atoms with van der Waals surface area (Å²) >= 11 is 0. The van der Waals surface area contributed by atoms with Crippen LogP contribution in [0.3, 0.4) is 0 Å². The van der Waals surface area contributed by atoms with Gasteiger partial charge in [-0.05, 0) is 40.8 Å². The van der Waals surface area contributed by atoms with E-state index < -0.39 is 0 Å². The van der Waals surface area contributed by atoms with E-state index in [-0.39, 0.29) is 17.2 Å². The van der Waals surface area contributed by atoms with Gasteiger partial charge in [-0.3, -0.25) is 9.59 Å². The lowest BCUT2D eigenvalue weighted by atomic mass is 9.87. The number of carbonyl (C=O) groups excluding carboxylic acids is 2. The van der Waals surface area contributed by atoms with Crippen LogP contribution in [0.4, 0.5) is 11.4 Å². The van der Waals surface area contributed by atoms with Crippen LogP contribution in [0.25, 0.3) is 5.57 Å². The van der Waals surface area contributed by atoms with Gasteiger partial charge in [0.2, 0.25) is 0 Å². The van der Waals surface area contributed by atoms with Crippen molar-refractivity contribution in [3.63, 3.8) is 0 Å². The molecule has 0 fully saturated rings. The molecule has 1 aliphatic rings. The van der Waals surface area contributed by atoms with Crippen LogP contribution in [0.5, 0.6) is 0 Å². The zero-order chi connectivity index (χ0) is 22.2. The van der Waals surface area contributed by atoms with Crippen molar-refractivity contribution in [2.45, 2.75) is 26.2 Å². The molecule has 0 saturated heterocycles. The maximum Gasteiger partial charge on any atom is 0.282 e. The van der Waals surface area contributed by atoms with Gasteiger partial charge in [0.05, 0.1) is 11.3 Å². The lowest BCUT2D eigenvalue weighted by molar-refractivity contribution is -0.120. The second-order valence-electron chi connectivity index (χ2n) is 8.73. The minimum Gasteiger partial charge on any atom is -0.339 e. The van der Waals surface area contributed by atoms with E-state index in [4.69, 9.17) is 0 Å². The molecule has 4 heteroatoms. The molecule has 0 atom stereocenters. The largest absolute Gasteiger partial charge is 0.339 e. The molecule has 156 valence electrons. The summed E-state index contributed by atoms with van der Waals surface area (Å²) in [7, 11) is 1.82. The standard InChI is InChI=1S/C27H26N2O2/c1-27(2,3)20-15-17-22(18-16-20)29-25(30)23(19-11-7-5-8-12-19)24(26(29)31)28(4)21-13-9-6-10-14-21/h5-18H,1-4H3. The van der Waals surface area contributed by atoms with Gasteiger partial charge in [-0.2, -0.15) is 0 Å². The second kappa shape index (κ2) is 7.88. The molecular formula is C27H26N2O2. The third-order valence-corrected chi connectivity index (χ3v) is 5.59. The number of amides is 2. The zero-order valence-corrected chi connectivity index (χ0v) is 18.3. The number of carbonyl (C=O) groups is 2. The Morgan fingerprint density at radius 3 is 1.81 bits per heavy atom. The fourth-order valence-electron chi connectivity index (χ4n) is 3.82. The quantitative estimate of drug-likeness (QED) is 0.541. The van der Waals surface area contributed by atoms with Crippen molar-refractivity contribution in [1.29, 1.82) is 0 Å². The Hall–Kier alpha value is -3.66. The molecule has 4 nitrogen and oxygen atoms in total. The average molecular weight is 411 g/mol. The number of anilines is 2. The predicted octanol–water partition coefficient (Wildman–Crippen LogP) is 5.41. The summed E-state index contributed by atoms with van der Waals surface area (Å²) in [5, 5.41) is 0. The Balaban J connectivity index is 1.81. The van der Waals surface area contributed by atoms with Crippen LogP contribution in [-0.2, 0) is 15.0 Å². The van der Waals surface area contributed by atoms with E-state index in [1.54, 1.807) is 4.90 Å². The number of likely N-dealkylation sites (N-methyl/N-ethyl adjacent to an activating group) is 1. The second-order valence-corrected chi connectivity index (χ2v) is 8.73. The first-order chi connectivity index (χ1) is 14.8. The van der Waals surface area contributed by atoms with Crippen molar-refractivity contribution in [1.82, 2.24) is 0 Å². The molecule has 0 unspecified atom stereocenters. The maximum absolute atomic E-state index is 13.6. The number of para-hydroxylation sites is 1. The third-order valence-electron chi connectivity index (χ3n) is 5.59. The number of rotatable bonds is 4. The highest BCUT2D eigenvalue weighted by molar-refractivity contribution is 6.46. The summed E-state index contributed by atoms with van der Waals surface area (Å²) in [6, 6.07) is 26.7. The number of hydrogen-bond acceptors (Lipinski definition) is 3. The van der Waals surface area contributed by atoms with Crippen molar-refractivity contribution in [3.05, 3.63) is 102 Å². The number of hydrogen-bond donors (Lipinski definition) is 0. The van der Waals surface area contributed by atoms with E-state index in [9.17, 15) is 9.59 Å². The molecule has 0 spiro atoms. The molecular weight excluding hydrogens is 384 g/mol. The molecule has 31 heavy (non-hydrogen) atoms. The third kappa shape index (κ3) is 3.77. The molecule has 0 saturated carbocycles. The van der Waals surface area contributed by atoms with Crippen LogP contribution in [0.2, 0.25) is 0 Å². The molecule has 1 heterocycles. The first-order valence-corrected chi connectivity index (χ1v) is 10.4. The lowest BCUT2D eigenvalue weighted by Gasteiger charge is -2.23. The van der Waals surface area contributed by atoms with E-state index in [1.165, 1.54) is 4.90 Å². The van der Waals surface area contributed by atoms with E-state index >= 15 is 0 Å². The van der Waals surface area contributed by atoms with Gasteiger partial charge in [-0.15, -0.1) is 0 Å². The fourth-order valence-corrected chi connectivity index (χ4v) is 3.82. The molecule has 3 aromatic carbocycles. The van der Waals surface area contributed by atoms with Gasteiger partial charge in [-0.25, -0.2) is 4.90 Å². The predicted molar refractivity (Wildman–Crippen MR) is 126 cm³/mol. The zero-order valence-electron chi connectivity index (χ0n) is 18.3. The summed E-state index contributed by atoms with van der Waals surface area (Å²) in [6.07, 6.45) is 0. The molecule has 1 aliphatic heterocycles. The van der Waals surface area contributed by atoms with E-state index in [2.05, 4.69) is 20.8 Å². The molecule has 2 amide bonds. The molecule has 3 aromatic rings. The van der Waals surface area contributed by atoms with Crippen LogP contribution < -0.4 is 9.80 Å². The van der Waals surface area contributed by atoms with Crippen LogP contribution >= 0.6 is 0 Å². The number of imide groups is 1. The highest BCUT2D eigenvalue weighted by Crippen LogP contribution is 2.36. The summed E-state index contributed by atoms with van der Waals surface area (Å²) in [5.41, 5.74) is 4.08. The smallest absolute Gasteiger partial charge is 0.282 e. The van der Waals surface area contributed by atoms with Gasteiger partial charge in [-0.1, -0.05) is 81.4 Å². The first kappa shape index (κ1) is 20.6. The van der Waals surface area contributed by atoms with Gasteiger partial charge < -0.3 is 4.90 Å². The number of benzene rings is 3. The molecule has 0 radical (unpaired) electrons. The Bertz CT molecular complexity index is 1140. The van der Waals surface area contributed by atoms with Crippen LogP contribution in [0.15, 0.2) is 90.6 Å². The van der Waals surface area contributed by atoms with Crippen molar-refractivity contribution < 1.29 is 9.59 Å². The normalized spacial score (nSPS) is 14.4. The first-order valence-electron chi connectivity index (χ1n) is 10.4. The minimum absolute atomic E-state index is 0.0102. The Kier molecular flexibility index (Phi) is 5.24. The summed E-state index contributed by atoms with van der Waals surface area (Å²) in [5.74, 6) is -0.629. The van der Waals surface area contributed by atoms with E-state index in [0.717, 1.165) is 16.8 Å². The Morgan fingerprint density at radius 1 is 0.710 bits per heavy atom. The molecule has 4 rings (SSSR count). The highest BCUT2D eigenvalue weighted by atomic mass is 16.2. The van der Waals surface area contributed by atoms with Crippen molar-refractivity contribution >= 4 is 28.8 Å². The SMILES string of the molecule is CN(C1=C(c2ccccc2)C(=O)N(c2ccc(C(C)(C)C)cc2)C1=O)c1ccccc1. The van der Waals surface area contributed by atoms with Crippen LogP contribution in [-0.4, -0.2) is 18.9 Å². The molecule has 0 N–H and O–H groups in total. The highest BCUT2D eigenvalue weighted by Gasteiger charge is 2.42. The molecule has 0 aromatic heterocycles. The molecule has 0 aliphatic carbocycles. The van der Waals surface area contributed by atoms with Gasteiger partial charge >= 0.3 is 0 Å². The molecule has 0 bridgehead atoms. The van der Waals surface area contributed by atoms with Crippen molar-refractivity contribution in [2.24, 2.45) is 0 Å². The van der Waals surface area contributed by atoms with Crippen molar-refractivity contribution in [3.8, 4) is 0 Å². The Morgan fingerprint density at radius 2 is 1.26 bits per heavy atom. The maximum atomic E-state index is 13.6. The van der Waals surface area contributed by atoms with E-state index in [0.29, 0.717) is 17.0 Å². The summed E-state index contributed by atoms with van der Waals surface area (Å²) in [4.78, 5) is 30.2. The van der Waals surface area contributed by atoms with E-state index in [1.807, 2.05) is 92.0 Å². The average Bonchev–Trinajstić information content (AvgIpc) is 3.04. The monoisotopic (exact) mass is 410 g/mol. The lowest BCUT2D eigenvalue weighted by Crippen LogP contribution is -2.34. The van der Waals surface area contributed by atoms with Gasteiger partial charge in [0.15, 0.2) is 0 Å². The topological polar surface area (TPSA) is 40.6 Å². The van der Waals surface area contributed by atoms with Gasteiger partial charge in [0.1, 0.15) is 5.70 Å². The Labute approximate surface area is 183 Å². The number of nitrogens with zero attached hydrogens (tertiary/aromatic N) is 2. The fraction of sp³-hybridized carbons (Fsp3) is 0.185. The van der Waals surface area contributed by atoms with Gasteiger partial charge in [0, 0.05) is 12.7 Å². The van der Waals surface area contributed by atoms with Crippen molar-refractivity contribution in [2.75, 3.05) is 16.8 Å². The minimum atomic E-state index is -0.321. The van der Waals surface area contributed by atoms with Crippen LogP contribution in [0, 0.1) is 0 Å². The summed E-state index contributed by atoms with van der Waals surface area (Å²) in [6.45, 7) is 6.41. The van der Waals surface area contributed by atoms with Crippen LogP contribution in [0.1, 0.15) is 31.9 Å². The summed E-state index contributed by atoms with van der Waals surface area (Å²) < 4.78 is 0. The van der Waals surface area contributed by atoms with Gasteiger partial charge in [0.25, 0.3) is 11.8 Å².